The van der Waals surface area contributed by atoms with Crippen LogP contribution < -0.4 is 4.90 Å². The summed E-state index contributed by atoms with van der Waals surface area (Å²) in [5.74, 6) is 0. The quantitative estimate of drug-likeness (QED) is 0.145. The zero-order valence-corrected chi connectivity index (χ0v) is 34.7. The van der Waals surface area contributed by atoms with Crippen LogP contribution in [0.25, 0.3) is 97.0 Å². The van der Waals surface area contributed by atoms with Crippen LogP contribution in [0.2, 0.25) is 0 Å². The van der Waals surface area contributed by atoms with Gasteiger partial charge < -0.3 is 4.90 Å². The molecule has 0 bridgehead atoms. The number of hydrogen-bond acceptors (Lipinski definition) is 2. The molecule has 1 heterocycles. The zero-order valence-electron chi connectivity index (χ0n) is 33.9. The van der Waals surface area contributed by atoms with E-state index in [1.54, 1.807) is 0 Å². The molecular formula is C60H39NS. The second-order valence-electron chi connectivity index (χ2n) is 16.1. The molecule has 0 amide bonds. The summed E-state index contributed by atoms with van der Waals surface area (Å²) >= 11 is 1.88. The molecule has 0 aliphatic rings. The summed E-state index contributed by atoms with van der Waals surface area (Å²) in [7, 11) is 0. The number of benzene rings is 11. The first-order valence-electron chi connectivity index (χ1n) is 21.2. The van der Waals surface area contributed by atoms with E-state index in [0.717, 1.165) is 17.1 Å². The van der Waals surface area contributed by atoms with Crippen molar-refractivity contribution in [3.8, 4) is 44.5 Å². The Hall–Kier alpha value is -7.78. The van der Waals surface area contributed by atoms with Crippen LogP contribution in [0.1, 0.15) is 0 Å². The van der Waals surface area contributed by atoms with E-state index < -0.39 is 0 Å². The van der Waals surface area contributed by atoms with E-state index in [1.807, 2.05) is 11.3 Å². The molecule has 290 valence electrons. The van der Waals surface area contributed by atoms with Gasteiger partial charge in [-0.15, -0.1) is 11.3 Å². The van der Waals surface area contributed by atoms with Crippen molar-refractivity contribution >= 4 is 80.9 Å². The van der Waals surface area contributed by atoms with E-state index in [2.05, 4.69) is 241 Å². The number of anilines is 3. The van der Waals surface area contributed by atoms with Crippen molar-refractivity contribution < 1.29 is 0 Å². The fourth-order valence-corrected chi connectivity index (χ4v) is 10.6. The van der Waals surface area contributed by atoms with Crippen molar-refractivity contribution in [3.63, 3.8) is 0 Å². The average Bonchev–Trinajstić information content (AvgIpc) is 3.72. The number of rotatable bonds is 7. The van der Waals surface area contributed by atoms with Gasteiger partial charge >= 0.3 is 0 Å². The van der Waals surface area contributed by atoms with Gasteiger partial charge in [0.05, 0.1) is 10.4 Å². The summed E-state index contributed by atoms with van der Waals surface area (Å²) in [5.41, 5.74) is 13.0. The van der Waals surface area contributed by atoms with Gasteiger partial charge in [-0.1, -0.05) is 182 Å². The van der Waals surface area contributed by atoms with Crippen LogP contribution in [0.4, 0.5) is 17.1 Å². The highest BCUT2D eigenvalue weighted by Gasteiger charge is 2.21. The van der Waals surface area contributed by atoms with Gasteiger partial charge in [-0.3, -0.25) is 0 Å². The van der Waals surface area contributed by atoms with Crippen molar-refractivity contribution in [3.05, 3.63) is 237 Å². The molecule has 12 rings (SSSR count). The maximum absolute atomic E-state index is 2.47. The van der Waals surface area contributed by atoms with Gasteiger partial charge in [0.1, 0.15) is 0 Å². The molecule has 12 aromatic rings. The van der Waals surface area contributed by atoms with Gasteiger partial charge in [0.2, 0.25) is 0 Å². The number of hydrogen-bond donors (Lipinski definition) is 0. The molecule has 0 saturated carbocycles. The third-order valence-electron chi connectivity index (χ3n) is 12.4. The van der Waals surface area contributed by atoms with Crippen molar-refractivity contribution in [2.24, 2.45) is 0 Å². The normalized spacial score (nSPS) is 11.5. The van der Waals surface area contributed by atoms with Crippen LogP contribution in [0.5, 0.6) is 0 Å². The molecule has 1 aromatic heterocycles. The highest BCUT2D eigenvalue weighted by molar-refractivity contribution is 7.26. The number of thiophene rings is 1. The molecule has 0 fully saturated rings. The molecule has 11 aromatic carbocycles. The van der Waals surface area contributed by atoms with Crippen LogP contribution in [0.15, 0.2) is 237 Å². The molecule has 2 heteroatoms. The maximum atomic E-state index is 2.47. The second-order valence-corrected chi connectivity index (χ2v) is 17.2. The Bertz CT molecular complexity index is 3550. The molecule has 1 nitrogen and oxygen atoms in total. The lowest BCUT2D eigenvalue weighted by molar-refractivity contribution is 1.30. The molecule has 0 atom stereocenters. The topological polar surface area (TPSA) is 3.24 Å². The van der Waals surface area contributed by atoms with Gasteiger partial charge in [0.15, 0.2) is 0 Å². The molecule has 0 aliphatic heterocycles. The molecule has 0 N–H and O–H groups in total. The fraction of sp³-hybridized carbons (Fsp3) is 0. The van der Waals surface area contributed by atoms with E-state index >= 15 is 0 Å². The number of fused-ring (bicyclic) bond motifs is 7. The van der Waals surface area contributed by atoms with Gasteiger partial charge in [0, 0.05) is 26.8 Å². The Balaban J connectivity index is 1.00. The SMILES string of the molecule is c1ccc(-c2cc(-c3ccccc3)cc(N(c3ccc(-c4ccc(-c5cc6ccccc6c6ccccc56)cc4)cc3)c3cccc4c3sc3cc5ccccc5cc34)c2)cc1. The van der Waals surface area contributed by atoms with Crippen molar-refractivity contribution in [2.45, 2.75) is 0 Å². The lowest BCUT2D eigenvalue weighted by Crippen LogP contribution is -2.10. The van der Waals surface area contributed by atoms with Gasteiger partial charge in [-0.05, 0) is 131 Å². The first kappa shape index (κ1) is 36.1. The van der Waals surface area contributed by atoms with Crippen LogP contribution in [-0.2, 0) is 0 Å². The monoisotopic (exact) mass is 805 g/mol. The van der Waals surface area contributed by atoms with Gasteiger partial charge in [-0.25, -0.2) is 0 Å². The van der Waals surface area contributed by atoms with Crippen LogP contribution in [0.3, 0.4) is 0 Å². The zero-order chi connectivity index (χ0) is 41.0. The van der Waals surface area contributed by atoms with E-state index in [4.69, 9.17) is 0 Å². The standard InChI is InChI=1S/C60H39NS/c1-3-14-40(15-4-1)48-34-49(41-16-5-2-6-17-41)36-51(35-48)61(58-25-13-24-55-57-37-45-18-7-8-19-46(45)39-59(57)62-60(55)58)50-32-30-43(31-33-50)42-26-28-44(29-27-42)56-38-47-20-9-10-21-52(47)53-22-11-12-23-54(53)56/h1-39H. The van der Waals surface area contributed by atoms with Crippen molar-refractivity contribution in [2.75, 3.05) is 4.90 Å². The predicted octanol–water partition coefficient (Wildman–Crippen LogP) is 17.7. The van der Waals surface area contributed by atoms with E-state index in [1.165, 1.54) is 97.0 Å². The van der Waals surface area contributed by atoms with E-state index in [-0.39, 0.29) is 0 Å². The second kappa shape index (κ2) is 15.0. The highest BCUT2D eigenvalue weighted by atomic mass is 32.1. The third-order valence-corrected chi connectivity index (χ3v) is 13.6. The first-order chi connectivity index (χ1) is 30.7. The molecule has 0 spiro atoms. The Morgan fingerprint density at radius 2 is 0.790 bits per heavy atom. The molecule has 0 unspecified atom stereocenters. The fourth-order valence-electron chi connectivity index (χ4n) is 9.34. The predicted molar refractivity (Wildman–Crippen MR) is 268 cm³/mol. The Morgan fingerprint density at radius 3 is 1.47 bits per heavy atom. The average molecular weight is 806 g/mol. The highest BCUT2D eigenvalue weighted by Crippen LogP contribution is 2.47. The van der Waals surface area contributed by atoms with Gasteiger partial charge in [-0.2, -0.15) is 0 Å². The summed E-state index contributed by atoms with van der Waals surface area (Å²) in [6.45, 7) is 0. The third kappa shape index (κ3) is 6.32. The summed E-state index contributed by atoms with van der Waals surface area (Å²) in [6, 6.07) is 86.8. The van der Waals surface area contributed by atoms with Gasteiger partial charge in [0.25, 0.3) is 0 Å². The summed E-state index contributed by atoms with van der Waals surface area (Å²) in [5, 5.41) is 10.2. The lowest BCUT2D eigenvalue weighted by Gasteiger charge is -2.27. The molecule has 0 radical (unpaired) electrons. The first-order valence-corrected chi connectivity index (χ1v) is 22.0. The maximum Gasteiger partial charge on any atom is 0.0640 e. The van der Waals surface area contributed by atoms with E-state index in [0.29, 0.717) is 0 Å². The minimum Gasteiger partial charge on any atom is -0.309 e. The summed E-state index contributed by atoms with van der Waals surface area (Å²) in [4.78, 5) is 2.47. The number of nitrogens with zero attached hydrogens (tertiary/aromatic N) is 1. The largest absolute Gasteiger partial charge is 0.309 e. The molecular weight excluding hydrogens is 767 g/mol. The van der Waals surface area contributed by atoms with Crippen LogP contribution >= 0.6 is 11.3 Å². The Labute approximate surface area is 365 Å². The molecule has 62 heavy (non-hydrogen) atoms. The smallest absolute Gasteiger partial charge is 0.0640 e. The molecule has 0 aliphatic carbocycles. The van der Waals surface area contributed by atoms with Crippen LogP contribution in [0, 0.1) is 0 Å². The van der Waals surface area contributed by atoms with Crippen molar-refractivity contribution in [1.29, 1.82) is 0 Å². The summed E-state index contributed by atoms with van der Waals surface area (Å²) in [6.07, 6.45) is 0. The summed E-state index contributed by atoms with van der Waals surface area (Å²) < 4.78 is 2.56. The Kier molecular flexibility index (Phi) is 8.76. The Morgan fingerprint density at radius 1 is 0.274 bits per heavy atom. The van der Waals surface area contributed by atoms with Crippen LogP contribution in [-0.4, -0.2) is 0 Å². The van der Waals surface area contributed by atoms with E-state index in [9.17, 15) is 0 Å². The van der Waals surface area contributed by atoms with Crippen molar-refractivity contribution in [1.82, 2.24) is 0 Å². The lowest BCUT2D eigenvalue weighted by atomic mass is 9.92. The minimum atomic E-state index is 1.10. The molecule has 0 saturated heterocycles. The minimum absolute atomic E-state index is 1.10.